The Hall–Kier alpha value is -0.280. The molecule has 7 heteroatoms. The zero-order valence-corrected chi connectivity index (χ0v) is 14.5. The Bertz CT molecular complexity index is 238. The summed E-state index contributed by atoms with van der Waals surface area (Å²) in [4.78, 5) is 6.56. The van der Waals surface area contributed by atoms with Crippen LogP contribution in [0, 0.1) is 0 Å². The molecule has 1 aliphatic heterocycles. The molecule has 0 amide bonds. The molecule has 1 heterocycles. The second-order valence-corrected chi connectivity index (χ2v) is 6.39. The van der Waals surface area contributed by atoms with E-state index in [1.54, 1.807) is 6.92 Å². The molecule has 1 fully saturated rings. The number of nitrogens with zero attached hydrogens (tertiary/aromatic N) is 3. The average molecular weight is 320 g/mol. The van der Waals surface area contributed by atoms with Crippen LogP contribution in [0.1, 0.15) is 19.8 Å². The van der Waals surface area contributed by atoms with Crippen molar-refractivity contribution < 1.29 is 15.3 Å². The fourth-order valence-corrected chi connectivity index (χ4v) is 2.27. The summed E-state index contributed by atoms with van der Waals surface area (Å²) < 4.78 is 0. The number of piperazine rings is 1. The molecule has 5 N–H and O–H groups in total. The quantitative estimate of drug-likeness (QED) is 0.408. The minimum Gasteiger partial charge on any atom is -0.395 e. The molecule has 134 valence electrons. The van der Waals surface area contributed by atoms with Gasteiger partial charge in [0, 0.05) is 39.3 Å². The van der Waals surface area contributed by atoms with Gasteiger partial charge >= 0.3 is 0 Å². The first-order chi connectivity index (χ1) is 10.3. The number of aliphatic hydroxyl groups is 3. The van der Waals surface area contributed by atoms with Crippen LogP contribution in [-0.2, 0) is 0 Å². The van der Waals surface area contributed by atoms with Crippen LogP contribution in [0.15, 0.2) is 0 Å². The number of hydrogen-bond donors (Lipinski definition) is 4. The van der Waals surface area contributed by atoms with Crippen molar-refractivity contribution in [2.24, 2.45) is 5.73 Å². The number of aliphatic hydroxyl groups excluding tert-OH is 2. The highest BCUT2D eigenvalue weighted by Gasteiger charge is 2.15. The maximum atomic E-state index is 9.09. The molecule has 1 aliphatic rings. The normalized spacial score (nSPS) is 19.6. The number of β-amino-alcohol motifs (C(OH)–C–C–N with tert-alkyl or cyclic N) is 2. The zero-order valence-electron chi connectivity index (χ0n) is 14.5. The average Bonchev–Trinajstić information content (AvgIpc) is 2.40. The summed E-state index contributed by atoms with van der Waals surface area (Å²) in [5.41, 5.74) is 4.37. The highest BCUT2D eigenvalue weighted by molar-refractivity contribution is 4.70. The summed E-state index contributed by atoms with van der Waals surface area (Å²) in [5.74, 6) is 0. The van der Waals surface area contributed by atoms with Gasteiger partial charge in [-0.25, -0.2) is 0 Å². The highest BCUT2D eigenvalue weighted by atomic mass is 16.3. The number of nitrogens with two attached hydrogens (primary N) is 1. The Kier molecular flexibility index (Phi) is 12.0. The molecule has 1 saturated heterocycles. The van der Waals surface area contributed by atoms with E-state index in [-0.39, 0.29) is 13.2 Å². The predicted octanol–water partition coefficient (Wildman–Crippen LogP) is -1.42. The van der Waals surface area contributed by atoms with Gasteiger partial charge in [-0.05, 0) is 40.4 Å². The molecule has 7 nitrogen and oxygen atoms in total. The van der Waals surface area contributed by atoms with Crippen LogP contribution in [0.4, 0.5) is 0 Å². The van der Waals surface area contributed by atoms with Gasteiger partial charge in [0.2, 0.25) is 0 Å². The fourth-order valence-electron chi connectivity index (χ4n) is 2.27. The van der Waals surface area contributed by atoms with Crippen molar-refractivity contribution in [1.82, 2.24) is 14.7 Å². The van der Waals surface area contributed by atoms with Crippen LogP contribution >= 0.6 is 0 Å². The van der Waals surface area contributed by atoms with E-state index in [1.807, 2.05) is 14.1 Å². The van der Waals surface area contributed by atoms with Gasteiger partial charge in [0.25, 0.3) is 0 Å². The molecule has 0 saturated carbocycles. The van der Waals surface area contributed by atoms with Gasteiger partial charge in [0.05, 0.1) is 13.2 Å². The van der Waals surface area contributed by atoms with E-state index in [0.29, 0.717) is 6.42 Å². The van der Waals surface area contributed by atoms with Crippen molar-refractivity contribution in [3.05, 3.63) is 0 Å². The minimum atomic E-state index is -0.990. The second kappa shape index (κ2) is 12.2. The third-order valence-corrected chi connectivity index (χ3v) is 3.59. The predicted molar refractivity (Wildman–Crippen MR) is 89.7 cm³/mol. The first-order valence-corrected chi connectivity index (χ1v) is 8.11. The first kappa shape index (κ1) is 21.7. The van der Waals surface area contributed by atoms with E-state index < -0.39 is 5.72 Å². The minimum absolute atomic E-state index is 0.250. The molecule has 22 heavy (non-hydrogen) atoms. The van der Waals surface area contributed by atoms with E-state index in [4.69, 9.17) is 21.1 Å². The molecule has 1 unspecified atom stereocenters. The summed E-state index contributed by atoms with van der Waals surface area (Å²) in [7, 11) is 4.01. The van der Waals surface area contributed by atoms with Crippen molar-refractivity contribution in [2.75, 3.05) is 73.1 Å². The topological polar surface area (TPSA) is 96.4 Å². The molecule has 0 aromatic rings. The molecule has 0 bridgehead atoms. The van der Waals surface area contributed by atoms with Crippen LogP contribution in [0.5, 0.6) is 0 Å². The lowest BCUT2D eigenvalue weighted by molar-refractivity contribution is 0.0538. The lowest BCUT2D eigenvalue weighted by Gasteiger charge is -2.33. The van der Waals surface area contributed by atoms with Crippen LogP contribution in [-0.4, -0.2) is 109 Å². The summed E-state index contributed by atoms with van der Waals surface area (Å²) >= 11 is 0. The monoisotopic (exact) mass is 320 g/mol. The molecule has 1 atom stereocenters. The molecular weight excluding hydrogens is 284 g/mol. The van der Waals surface area contributed by atoms with Crippen molar-refractivity contribution in [3.8, 4) is 0 Å². The summed E-state index contributed by atoms with van der Waals surface area (Å²) in [6.07, 6.45) is 1.60. The van der Waals surface area contributed by atoms with E-state index in [0.717, 1.165) is 52.2 Å². The number of hydrogen-bond acceptors (Lipinski definition) is 7. The van der Waals surface area contributed by atoms with Gasteiger partial charge in [-0.2, -0.15) is 0 Å². The van der Waals surface area contributed by atoms with Gasteiger partial charge < -0.3 is 26.0 Å². The van der Waals surface area contributed by atoms with Gasteiger partial charge in [-0.1, -0.05) is 0 Å². The number of rotatable bonds is 8. The van der Waals surface area contributed by atoms with Crippen LogP contribution in [0.3, 0.4) is 0 Å². The molecular formula is C15H36N4O3. The van der Waals surface area contributed by atoms with Crippen molar-refractivity contribution >= 4 is 0 Å². The Balaban J connectivity index is 0.000000409. The molecule has 1 rings (SSSR count). The third kappa shape index (κ3) is 13.4. The lowest BCUT2D eigenvalue weighted by Crippen LogP contribution is -2.47. The van der Waals surface area contributed by atoms with Crippen molar-refractivity contribution in [1.29, 1.82) is 0 Å². The second-order valence-electron chi connectivity index (χ2n) is 6.39. The maximum Gasteiger partial charge on any atom is 0.110 e. The Morgan fingerprint density at radius 3 is 1.68 bits per heavy atom. The summed E-state index contributed by atoms with van der Waals surface area (Å²) in [5, 5.41) is 26.5. The SMILES string of the molecule is CN(C)CCCC(C)(N)O.OCCN1CCN(CCO)CC1. The van der Waals surface area contributed by atoms with Crippen molar-refractivity contribution in [3.63, 3.8) is 0 Å². The molecule has 0 spiro atoms. The van der Waals surface area contributed by atoms with Crippen molar-refractivity contribution in [2.45, 2.75) is 25.5 Å². The van der Waals surface area contributed by atoms with Gasteiger partial charge in [0.15, 0.2) is 0 Å². The Morgan fingerprint density at radius 1 is 1.00 bits per heavy atom. The van der Waals surface area contributed by atoms with E-state index >= 15 is 0 Å². The summed E-state index contributed by atoms with van der Waals surface area (Å²) in [6.45, 7) is 8.73. The first-order valence-electron chi connectivity index (χ1n) is 8.11. The third-order valence-electron chi connectivity index (χ3n) is 3.59. The maximum absolute atomic E-state index is 9.09. The smallest absolute Gasteiger partial charge is 0.110 e. The van der Waals surface area contributed by atoms with Crippen LogP contribution in [0.2, 0.25) is 0 Å². The summed E-state index contributed by atoms with van der Waals surface area (Å²) in [6, 6.07) is 0. The molecule has 0 aromatic carbocycles. The van der Waals surface area contributed by atoms with Gasteiger partial charge in [-0.3, -0.25) is 9.80 Å². The molecule has 0 aromatic heterocycles. The highest BCUT2D eigenvalue weighted by Crippen LogP contribution is 2.03. The zero-order chi connectivity index (χ0) is 17.0. The van der Waals surface area contributed by atoms with Gasteiger partial charge in [0.1, 0.15) is 5.72 Å². The lowest BCUT2D eigenvalue weighted by atomic mass is 10.1. The van der Waals surface area contributed by atoms with Crippen LogP contribution in [0.25, 0.3) is 0 Å². The van der Waals surface area contributed by atoms with Gasteiger partial charge in [-0.15, -0.1) is 0 Å². The van der Waals surface area contributed by atoms with E-state index in [9.17, 15) is 0 Å². The fraction of sp³-hybridized carbons (Fsp3) is 1.00. The van der Waals surface area contributed by atoms with Crippen LogP contribution < -0.4 is 5.73 Å². The standard InChI is InChI=1S/C8H18N2O2.C7H18N2O/c11-7-5-9-1-2-10(4-3-9)6-8-12;1-7(8,10)5-4-6-9(2)3/h11-12H,1-8H2;10H,4-6,8H2,1-3H3. The molecule has 0 aliphatic carbocycles. The molecule has 0 radical (unpaired) electrons. The largest absolute Gasteiger partial charge is 0.395 e. The van der Waals surface area contributed by atoms with E-state index in [2.05, 4.69) is 14.7 Å². The Labute approximate surface area is 135 Å². The van der Waals surface area contributed by atoms with E-state index in [1.165, 1.54) is 0 Å². The Morgan fingerprint density at radius 2 is 1.41 bits per heavy atom.